The van der Waals surface area contributed by atoms with Gasteiger partial charge >= 0.3 is 5.69 Å². The minimum Gasteiger partial charge on any atom is -0.383 e. The largest absolute Gasteiger partial charge is 0.383 e. The number of para-hydroxylation sites is 1. The number of unbranched alkanes of at least 4 members (excludes halogenated alkanes) is 1. The predicted molar refractivity (Wildman–Crippen MR) is 126 cm³/mol. The topological polar surface area (TPSA) is 134 Å². The Kier molecular flexibility index (Phi) is 6.97. The number of rotatable bonds is 8. The molecule has 0 spiro atoms. The van der Waals surface area contributed by atoms with Crippen LogP contribution < -0.4 is 27.4 Å². The molecule has 3 aromatic rings. The summed E-state index contributed by atoms with van der Waals surface area (Å²) in [5, 5.41) is 0.556. The predicted octanol–water partition coefficient (Wildman–Crippen LogP) is 2.45. The molecule has 0 saturated carbocycles. The van der Waals surface area contributed by atoms with Gasteiger partial charge in [0.1, 0.15) is 5.82 Å². The minimum atomic E-state index is -0.730. The molecule has 0 aliphatic heterocycles. The molecule has 3 rings (SSSR count). The van der Waals surface area contributed by atoms with Crippen LogP contribution >= 0.6 is 0 Å². The molecule has 0 fully saturated rings. The first kappa shape index (κ1) is 23.1. The normalized spacial score (nSPS) is 11.2. The summed E-state index contributed by atoms with van der Waals surface area (Å²) < 4.78 is 1.28. The Bertz CT molecular complexity index is 1300. The summed E-state index contributed by atoms with van der Waals surface area (Å²) in [6.07, 6.45) is 2.11. The number of nitrogens with one attached hydrogen (secondary N) is 2. The van der Waals surface area contributed by atoms with Gasteiger partial charge in [-0.1, -0.05) is 45.4 Å². The van der Waals surface area contributed by atoms with E-state index in [4.69, 9.17) is 5.73 Å². The van der Waals surface area contributed by atoms with E-state index in [0.717, 1.165) is 6.42 Å². The third-order valence-electron chi connectivity index (χ3n) is 5.38. The number of carbonyl (C=O) groups excluding carboxylic acids is 1. The van der Waals surface area contributed by atoms with Gasteiger partial charge in [-0.2, -0.15) is 0 Å². The summed E-state index contributed by atoms with van der Waals surface area (Å²) in [6, 6.07) is 8.19. The van der Waals surface area contributed by atoms with E-state index in [0.29, 0.717) is 30.3 Å². The number of nitrogens with zero attached hydrogens (tertiary/aromatic N) is 2. The average Bonchev–Trinajstić information content (AvgIpc) is 2.74. The number of aromatic nitrogens is 3. The maximum Gasteiger partial charge on any atom is 0.330 e. The molecule has 0 unspecified atom stereocenters. The zero-order valence-corrected chi connectivity index (χ0v) is 18.6. The van der Waals surface area contributed by atoms with E-state index in [1.165, 1.54) is 15.5 Å². The van der Waals surface area contributed by atoms with E-state index in [9.17, 15) is 19.2 Å². The van der Waals surface area contributed by atoms with Crippen LogP contribution in [0.5, 0.6) is 0 Å². The quantitative estimate of drug-likeness (QED) is 0.496. The number of H-pyrrole nitrogens is 2. The van der Waals surface area contributed by atoms with Crippen molar-refractivity contribution in [2.75, 3.05) is 17.2 Å². The molecule has 9 nitrogen and oxygen atoms in total. The lowest BCUT2D eigenvalue weighted by molar-refractivity contribution is 0.0987. The summed E-state index contributed by atoms with van der Waals surface area (Å²) in [5.74, 6) is -0.336. The Morgan fingerprint density at radius 3 is 2.56 bits per heavy atom. The van der Waals surface area contributed by atoms with Gasteiger partial charge in [0.15, 0.2) is 5.69 Å². The summed E-state index contributed by atoms with van der Waals surface area (Å²) in [7, 11) is 0. The number of amides is 1. The summed E-state index contributed by atoms with van der Waals surface area (Å²) in [4.78, 5) is 57.4. The first-order chi connectivity index (χ1) is 15.2. The van der Waals surface area contributed by atoms with Crippen molar-refractivity contribution >= 4 is 28.3 Å². The van der Waals surface area contributed by atoms with E-state index < -0.39 is 22.7 Å². The van der Waals surface area contributed by atoms with Crippen molar-refractivity contribution in [2.45, 2.75) is 46.6 Å². The zero-order valence-electron chi connectivity index (χ0n) is 18.6. The van der Waals surface area contributed by atoms with E-state index >= 15 is 0 Å². The molecule has 4 N–H and O–H groups in total. The lowest BCUT2D eigenvalue weighted by Gasteiger charge is -2.25. The fourth-order valence-electron chi connectivity index (χ4n) is 3.61. The Labute approximate surface area is 184 Å². The summed E-state index contributed by atoms with van der Waals surface area (Å²) >= 11 is 0. The molecule has 170 valence electrons. The number of carbonyl (C=O) groups is 1. The van der Waals surface area contributed by atoms with Gasteiger partial charge < -0.3 is 15.6 Å². The molecule has 0 aliphatic rings. The fraction of sp³-hybridized carbons (Fsp3) is 0.391. The Balaban J connectivity index is 2.21. The van der Waals surface area contributed by atoms with Crippen LogP contribution in [0.2, 0.25) is 0 Å². The number of nitrogen functional groups attached to an aromatic ring is 1. The number of fused-ring (bicyclic) bond motifs is 1. The number of aromatic amines is 2. The zero-order chi connectivity index (χ0) is 23.4. The van der Waals surface area contributed by atoms with Crippen LogP contribution in [0, 0.1) is 5.92 Å². The summed E-state index contributed by atoms with van der Waals surface area (Å²) in [6.45, 7) is 6.51. The summed E-state index contributed by atoms with van der Waals surface area (Å²) in [5.41, 5.74) is 5.12. The maximum atomic E-state index is 13.7. The molecule has 0 saturated heterocycles. The van der Waals surface area contributed by atoms with Crippen LogP contribution in [0.3, 0.4) is 0 Å². The van der Waals surface area contributed by atoms with Crippen molar-refractivity contribution in [3.63, 3.8) is 0 Å². The monoisotopic (exact) mass is 439 g/mol. The molecule has 0 atom stereocenters. The lowest BCUT2D eigenvalue weighted by Crippen LogP contribution is -2.42. The van der Waals surface area contributed by atoms with Gasteiger partial charge in [0, 0.05) is 30.1 Å². The van der Waals surface area contributed by atoms with Crippen LogP contribution in [0.4, 0.5) is 11.5 Å². The number of hydrogen-bond acceptors (Lipinski definition) is 5. The first-order valence-electron chi connectivity index (χ1n) is 10.8. The molecule has 1 amide bonds. The van der Waals surface area contributed by atoms with E-state index in [-0.39, 0.29) is 29.5 Å². The maximum absolute atomic E-state index is 13.7. The molecule has 2 aromatic heterocycles. The second-order valence-corrected chi connectivity index (χ2v) is 8.23. The highest BCUT2D eigenvalue weighted by atomic mass is 16.2. The molecule has 1 aromatic carbocycles. The van der Waals surface area contributed by atoms with Gasteiger partial charge in [-0.3, -0.25) is 23.9 Å². The molecule has 9 heteroatoms. The highest BCUT2D eigenvalue weighted by Gasteiger charge is 2.27. The Morgan fingerprint density at radius 1 is 1.16 bits per heavy atom. The number of hydrogen-bond donors (Lipinski definition) is 3. The van der Waals surface area contributed by atoms with Crippen LogP contribution in [-0.4, -0.2) is 27.0 Å². The minimum absolute atomic E-state index is 0.0570. The average molecular weight is 440 g/mol. The smallest absolute Gasteiger partial charge is 0.330 e. The molecule has 32 heavy (non-hydrogen) atoms. The van der Waals surface area contributed by atoms with Gasteiger partial charge in [-0.25, -0.2) is 4.79 Å². The third kappa shape index (κ3) is 4.66. The van der Waals surface area contributed by atoms with Crippen molar-refractivity contribution in [3.8, 4) is 0 Å². The number of benzene rings is 1. The molecule has 2 heterocycles. The van der Waals surface area contributed by atoms with Crippen LogP contribution in [0.1, 0.15) is 50.4 Å². The highest BCUT2D eigenvalue weighted by molar-refractivity contribution is 6.14. The van der Waals surface area contributed by atoms with Crippen molar-refractivity contribution in [1.29, 1.82) is 0 Å². The third-order valence-corrected chi connectivity index (χ3v) is 5.38. The van der Waals surface area contributed by atoms with Crippen molar-refractivity contribution < 1.29 is 4.79 Å². The first-order valence-corrected chi connectivity index (χ1v) is 10.8. The molecule has 0 bridgehead atoms. The van der Waals surface area contributed by atoms with Crippen LogP contribution in [-0.2, 0) is 6.54 Å². The molecule has 0 radical (unpaired) electrons. The van der Waals surface area contributed by atoms with Crippen molar-refractivity contribution in [2.24, 2.45) is 5.92 Å². The van der Waals surface area contributed by atoms with Crippen molar-refractivity contribution in [3.05, 3.63) is 67.1 Å². The second-order valence-electron chi connectivity index (χ2n) is 8.23. The van der Waals surface area contributed by atoms with Crippen LogP contribution in [0.25, 0.3) is 10.9 Å². The van der Waals surface area contributed by atoms with Gasteiger partial charge in [0.2, 0.25) is 5.56 Å². The SMILES string of the molecule is CCCCn1c(N)c(N(CCC(C)C)C(=O)c2cc(=O)[nH]c3ccccc23)c(=O)[nH]c1=O. The lowest BCUT2D eigenvalue weighted by atomic mass is 10.1. The van der Waals surface area contributed by atoms with Gasteiger partial charge in [0.25, 0.3) is 11.5 Å². The van der Waals surface area contributed by atoms with E-state index in [1.807, 2.05) is 20.8 Å². The highest BCUT2D eigenvalue weighted by Crippen LogP contribution is 2.23. The van der Waals surface area contributed by atoms with Gasteiger partial charge in [-0.15, -0.1) is 0 Å². The number of anilines is 2. The second kappa shape index (κ2) is 9.67. The van der Waals surface area contributed by atoms with Crippen molar-refractivity contribution in [1.82, 2.24) is 14.5 Å². The van der Waals surface area contributed by atoms with E-state index in [1.54, 1.807) is 24.3 Å². The Morgan fingerprint density at radius 2 is 1.88 bits per heavy atom. The number of nitrogens with two attached hydrogens (primary N) is 1. The fourth-order valence-corrected chi connectivity index (χ4v) is 3.61. The molecule has 0 aliphatic carbocycles. The van der Waals surface area contributed by atoms with Gasteiger partial charge in [0.05, 0.1) is 5.56 Å². The Hall–Kier alpha value is -3.62. The van der Waals surface area contributed by atoms with E-state index in [2.05, 4.69) is 9.97 Å². The molecular weight excluding hydrogens is 410 g/mol. The standard InChI is InChI=1S/C23H29N5O4/c1-4-5-11-28-20(24)19(21(30)26-23(28)32)27(12-10-14(2)3)22(31)16-13-18(29)25-17-9-7-6-8-15(16)17/h6-9,13-14H,4-5,10-12,24H2,1-3H3,(H,25,29)(H,26,30,32). The van der Waals surface area contributed by atoms with Gasteiger partial charge in [-0.05, 0) is 24.8 Å². The molecular formula is C23H29N5O4. The van der Waals surface area contributed by atoms with Crippen LogP contribution in [0.15, 0.2) is 44.7 Å². The number of pyridine rings is 1.